The molecule has 0 radical (unpaired) electrons. The first-order chi connectivity index (χ1) is 4.74. The van der Waals surface area contributed by atoms with Crippen molar-refractivity contribution in [3.63, 3.8) is 0 Å². The van der Waals surface area contributed by atoms with Gasteiger partial charge in [-0.1, -0.05) is 22.0 Å². The molecule has 0 nitrogen and oxygen atoms in total. The van der Waals surface area contributed by atoms with E-state index in [9.17, 15) is 13.2 Å². The molecule has 0 N–H and O–H groups in total. The topological polar surface area (TPSA) is 0 Å². The summed E-state index contributed by atoms with van der Waals surface area (Å²) in [6.45, 7) is -3.04. The van der Waals surface area contributed by atoms with E-state index in [0.29, 0.717) is 0 Å². The van der Waals surface area contributed by atoms with E-state index in [1.165, 1.54) is 4.99 Å². The second-order valence-electron chi connectivity index (χ2n) is 2.06. The lowest BCUT2D eigenvalue weighted by Crippen LogP contribution is -2.25. The van der Waals surface area contributed by atoms with Crippen molar-refractivity contribution in [2.24, 2.45) is 5.41 Å². The van der Waals surface area contributed by atoms with Crippen molar-refractivity contribution in [3.05, 3.63) is 11.1 Å². The Hall–Kier alpha value is 0.01000. The Morgan fingerprint density at radius 1 is 1.10 bits per heavy atom. The van der Waals surface area contributed by atoms with E-state index in [1.54, 1.807) is 0 Å². The molecule has 0 unspecified atom stereocenters. The molecule has 60 valence electrons. The number of hydrogen-bond donors (Lipinski definition) is 0. The van der Waals surface area contributed by atoms with Gasteiger partial charge in [0.25, 0.3) is 0 Å². The van der Waals surface area contributed by atoms with E-state index in [4.69, 9.17) is 0 Å². The van der Waals surface area contributed by atoms with Crippen molar-refractivity contribution in [2.45, 2.75) is 0 Å². The van der Waals surface area contributed by atoms with Crippen LogP contribution in [0.2, 0.25) is 0 Å². The molecule has 0 atom stereocenters. The summed E-state index contributed by atoms with van der Waals surface area (Å²) in [5.74, 6) is 0. The van der Waals surface area contributed by atoms with E-state index >= 15 is 0 Å². The minimum absolute atomic E-state index is 1.01. The zero-order valence-corrected chi connectivity index (χ0v) is 6.87. The largest absolute Gasteiger partial charge is 0.250 e. The first-order valence-electron chi connectivity index (χ1n) is 2.70. The van der Waals surface area contributed by atoms with Crippen LogP contribution in [0.5, 0.6) is 0 Å². The molecule has 0 heterocycles. The molecule has 0 aromatic heterocycles. The van der Waals surface area contributed by atoms with Gasteiger partial charge in [0.1, 0.15) is 20.0 Å². The lowest BCUT2D eigenvalue weighted by Gasteiger charge is -2.18. The van der Waals surface area contributed by atoms with Crippen LogP contribution < -0.4 is 0 Å². The summed E-state index contributed by atoms with van der Waals surface area (Å²) in [7, 11) is 0. The Kier molecular flexibility index (Phi) is 4.77. The van der Waals surface area contributed by atoms with E-state index < -0.39 is 25.4 Å². The number of halogens is 4. The third-order valence-corrected chi connectivity index (χ3v) is 1.48. The average molecular weight is 217 g/mol. The normalized spacial score (nSPS) is 12.8. The molecule has 0 amide bonds. The van der Waals surface area contributed by atoms with Crippen molar-refractivity contribution in [1.29, 1.82) is 0 Å². The van der Waals surface area contributed by atoms with E-state index in [2.05, 4.69) is 15.9 Å². The quantitative estimate of drug-likeness (QED) is 0.679. The van der Waals surface area contributed by atoms with Gasteiger partial charge in [0.05, 0.1) is 5.41 Å². The molecular formula is C6H8BrF3. The summed E-state index contributed by atoms with van der Waals surface area (Å²) in [5.41, 5.74) is -1.55. The van der Waals surface area contributed by atoms with Crippen LogP contribution in [0.25, 0.3) is 0 Å². The van der Waals surface area contributed by atoms with Crippen LogP contribution >= 0.6 is 15.9 Å². The molecule has 0 aliphatic carbocycles. The first kappa shape index (κ1) is 10.0. The molecule has 0 aromatic rings. The van der Waals surface area contributed by atoms with Gasteiger partial charge < -0.3 is 0 Å². The summed E-state index contributed by atoms with van der Waals surface area (Å²) >= 11 is 2.83. The minimum Gasteiger partial charge on any atom is -0.250 e. The Balaban J connectivity index is 4.15. The molecule has 0 saturated heterocycles. The number of alkyl halides is 3. The molecule has 0 saturated carbocycles. The second kappa shape index (κ2) is 4.77. The summed E-state index contributed by atoms with van der Waals surface area (Å²) in [4.78, 5) is 1.27. The minimum atomic E-state index is -1.55. The van der Waals surface area contributed by atoms with Crippen LogP contribution in [0.3, 0.4) is 0 Å². The predicted octanol–water partition coefficient (Wildman–Crippen LogP) is 2.79. The van der Waals surface area contributed by atoms with Crippen LogP contribution in [0, 0.1) is 5.41 Å². The molecule has 0 spiro atoms. The molecule has 4 heteroatoms. The Morgan fingerprint density at radius 3 is 1.60 bits per heavy atom. The number of allylic oxidation sites excluding steroid dienone is 1. The fourth-order valence-corrected chi connectivity index (χ4v) is 0.935. The summed E-state index contributed by atoms with van der Waals surface area (Å²) in [6, 6.07) is 0. The molecule has 0 bridgehead atoms. The van der Waals surface area contributed by atoms with E-state index in [1.807, 2.05) is 0 Å². The first-order valence-corrected chi connectivity index (χ1v) is 3.62. The molecule has 0 fully saturated rings. The fourth-order valence-electron chi connectivity index (χ4n) is 0.374. The third-order valence-electron chi connectivity index (χ3n) is 1.21. The van der Waals surface area contributed by atoms with Gasteiger partial charge >= 0.3 is 0 Å². The van der Waals surface area contributed by atoms with Crippen molar-refractivity contribution in [1.82, 2.24) is 0 Å². The smallest absolute Gasteiger partial charge is 0.104 e. The Labute approximate surface area is 66.2 Å². The maximum atomic E-state index is 11.9. The molecule has 0 aliphatic rings. The molecule has 0 aliphatic heterocycles. The van der Waals surface area contributed by atoms with Gasteiger partial charge in [-0.05, 0) is 4.99 Å². The maximum Gasteiger partial charge on any atom is 0.104 e. The summed E-state index contributed by atoms with van der Waals surface area (Å²) < 4.78 is 35.8. The van der Waals surface area contributed by atoms with Gasteiger partial charge in [-0.15, -0.1) is 0 Å². The van der Waals surface area contributed by atoms with Gasteiger partial charge in [-0.3, -0.25) is 0 Å². The van der Waals surface area contributed by atoms with Crippen LogP contribution in [0.1, 0.15) is 0 Å². The van der Waals surface area contributed by atoms with Gasteiger partial charge in [0.2, 0.25) is 0 Å². The second-order valence-corrected chi connectivity index (χ2v) is 2.58. The Bertz CT molecular complexity index is 101. The molecule has 10 heavy (non-hydrogen) atoms. The van der Waals surface area contributed by atoms with Crippen LogP contribution in [-0.4, -0.2) is 20.0 Å². The summed E-state index contributed by atoms with van der Waals surface area (Å²) in [6.07, 6.45) is 1.15. The average Bonchev–Trinajstić information content (AvgIpc) is 2.01. The molecule has 0 aromatic carbocycles. The van der Waals surface area contributed by atoms with E-state index in [-0.39, 0.29) is 0 Å². The van der Waals surface area contributed by atoms with Crippen molar-refractivity contribution in [3.8, 4) is 0 Å². The maximum absolute atomic E-state index is 11.9. The van der Waals surface area contributed by atoms with Crippen molar-refractivity contribution in [2.75, 3.05) is 20.0 Å². The highest BCUT2D eigenvalue weighted by Crippen LogP contribution is 2.22. The summed E-state index contributed by atoms with van der Waals surface area (Å²) in [5, 5.41) is 0. The number of rotatable bonds is 4. The lowest BCUT2D eigenvalue weighted by atomic mass is 9.94. The highest BCUT2D eigenvalue weighted by molar-refractivity contribution is 9.11. The van der Waals surface area contributed by atoms with Gasteiger partial charge in [-0.2, -0.15) is 0 Å². The monoisotopic (exact) mass is 216 g/mol. The SMILES string of the molecule is FCC(/C=C\Br)(CF)CF. The zero-order chi connectivity index (χ0) is 8.04. The number of hydrogen-bond acceptors (Lipinski definition) is 0. The van der Waals surface area contributed by atoms with Crippen molar-refractivity contribution < 1.29 is 13.2 Å². The van der Waals surface area contributed by atoms with Crippen LogP contribution in [-0.2, 0) is 0 Å². The predicted molar refractivity (Wildman–Crippen MR) is 38.4 cm³/mol. The highest BCUT2D eigenvalue weighted by atomic mass is 79.9. The third kappa shape index (κ3) is 2.33. The lowest BCUT2D eigenvalue weighted by molar-refractivity contribution is 0.164. The zero-order valence-electron chi connectivity index (χ0n) is 5.29. The van der Waals surface area contributed by atoms with Crippen molar-refractivity contribution >= 4 is 15.9 Å². The van der Waals surface area contributed by atoms with Crippen LogP contribution in [0.4, 0.5) is 13.2 Å². The molecule has 0 rings (SSSR count). The van der Waals surface area contributed by atoms with Gasteiger partial charge in [0.15, 0.2) is 0 Å². The van der Waals surface area contributed by atoms with Crippen LogP contribution in [0.15, 0.2) is 11.1 Å². The highest BCUT2D eigenvalue weighted by Gasteiger charge is 2.27. The van der Waals surface area contributed by atoms with Gasteiger partial charge in [-0.25, -0.2) is 13.2 Å². The molecular weight excluding hydrogens is 209 g/mol. The van der Waals surface area contributed by atoms with Gasteiger partial charge in [0, 0.05) is 0 Å². The fraction of sp³-hybridized carbons (Fsp3) is 0.667. The van der Waals surface area contributed by atoms with E-state index in [0.717, 1.165) is 6.08 Å². The standard InChI is InChI=1S/C6H8BrF3/c7-2-1-6(3-8,4-9)5-10/h1-2H,3-5H2/b2-1-. The Morgan fingerprint density at radius 2 is 1.50 bits per heavy atom.